The van der Waals surface area contributed by atoms with Crippen molar-refractivity contribution in [3.8, 4) is 0 Å². The zero-order valence-corrected chi connectivity index (χ0v) is 12.4. The van der Waals surface area contributed by atoms with Crippen LogP contribution in [0.5, 0.6) is 0 Å². The Labute approximate surface area is 123 Å². The van der Waals surface area contributed by atoms with E-state index in [-0.39, 0.29) is 5.91 Å². The number of hydrogen-bond acceptors (Lipinski definition) is 5. The van der Waals surface area contributed by atoms with Crippen molar-refractivity contribution in [2.75, 3.05) is 18.7 Å². The Bertz CT molecular complexity index is 687. The lowest BCUT2D eigenvalue weighted by Gasteiger charge is -2.05. The predicted octanol–water partition coefficient (Wildman–Crippen LogP) is 1.37. The van der Waals surface area contributed by atoms with Crippen LogP contribution >= 0.6 is 0 Å². The van der Waals surface area contributed by atoms with E-state index >= 15 is 0 Å². The summed E-state index contributed by atoms with van der Waals surface area (Å²) in [6.45, 7) is 3.33. The van der Waals surface area contributed by atoms with Gasteiger partial charge in [-0.2, -0.15) is 0 Å². The summed E-state index contributed by atoms with van der Waals surface area (Å²) in [5.41, 5.74) is 1.01. The molecule has 0 bridgehead atoms. The van der Waals surface area contributed by atoms with Crippen molar-refractivity contribution in [1.82, 2.24) is 0 Å². The highest BCUT2D eigenvalue weighted by Gasteiger charge is 2.20. The molecule has 0 saturated heterocycles. The van der Waals surface area contributed by atoms with Crippen molar-refractivity contribution in [2.24, 2.45) is 0 Å². The lowest BCUT2D eigenvalue weighted by atomic mass is 10.2. The van der Waals surface area contributed by atoms with Crippen LogP contribution in [-0.4, -0.2) is 33.7 Å². The summed E-state index contributed by atoms with van der Waals surface area (Å²) in [5, 5.41) is 2.55. The van der Waals surface area contributed by atoms with Gasteiger partial charge in [0.1, 0.15) is 0 Å². The molecular formula is C14H15NO5S. The van der Waals surface area contributed by atoms with Gasteiger partial charge < -0.3 is 10.1 Å². The lowest BCUT2D eigenvalue weighted by Crippen LogP contribution is -2.13. The van der Waals surface area contributed by atoms with E-state index in [9.17, 15) is 18.0 Å². The van der Waals surface area contributed by atoms with Crippen molar-refractivity contribution in [1.29, 1.82) is 0 Å². The molecule has 21 heavy (non-hydrogen) atoms. The van der Waals surface area contributed by atoms with Gasteiger partial charge in [0.2, 0.25) is 5.91 Å². The van der Waals surface area contributed by atoms with E-state index in [1.807, 2.05) is 0 Å². The zero-order valence-electron chi connectivity index (χ0n) is 11.6. The lowest BCUT2D eigenvalue weighted by molar-refractivity contribution is -0.135. The molecule has 0 aliphatic rings. The number of carbonyl (C=O) groups excluding carboxylic acids is 2. The van der Waals surface area contributed by atoms with Gasteiger partial charge in [-0.15, -0.1) is 0 Å². The molecule has 1 amide bonds. The molecule has 7 heteroatoms. The van der Waals surface area contributed by atoms with Crippen molar-refractivity contribution in [3.05, 3.63) is 47.4 Å². The topological polar surface area (TPSA) is 89.5 Å². The van der Waals surface area contributed by atoms with E-state index in [4.69, 9.17) is 0 Å². The number of nitrogens with one attached hydrogen (secondary N) is 1. The fourth-order valence-electron chi connectivity index (χ4n) is 1.43. The smallest absolute Gasteiger partial charge is 0.349 e. The molecule has 1 aromatic carbocycles. The summed E-state index contributed by atoms with van der Waals surface area (Å²) in [5.74, 6) is -1.29. The molecule has 112 valence electrons. The van der Waals surface area contributed by atoms with Crippen LogP contribution in [0.3, 0.4) is 0 Å². The molecule has 0 fully saturated rings. The summed E-state index contributed by atoms with van der Waals surface area (Å²) < 4.78 is 27.5. The average Bonchev–Trinajstić information content (AvgIpc) is 2.44. The number of esters is 1. The van der Waals surface area contributed by atoms with Crippen molar-refractivity contribution in [3.63, 3.8) is 0 Å². The van der Waals surface area contributed by atoms with Crippen LogP contribution in [0.25, 0.3) is 6.08 Å². The first-order chi connectivity index (χ1) is 9.77. The second kappa shape index (κ2) is 6.85. The SMILES string of the molecule is C=CC(=O)Nc1ccc(C=C(C(=O)OC)S(C)(=O)=O)cc1. The van der Waals surface area contributed by atoms with Crippen LogP contribution in [0.2, 0.25) is 0 Å². The molecule has 0 aliphatic carbocycles. The van der Waals surface area contributed by atoms with E-state index in [0.29, 0.717) is 11.3 Å². The predicted molar refractivity (Wildman–Crippen MR) is 80.1 cm³/mol. The molecule has 0 heterocycles. The highest BCUT2D eigenvalue weighted by molar-refractivity contribution is 7.95. The van der Waals surface area contributed by atoms with Crippen LogP contribution < -0.4 is 5.32 Å². The fourth-order valence-corrected chi connectivity index (χ4v) is 2.16. The molecule has 0 spiro atoms. The quantitative estimate of drug-likeness (QED) is 0.655. The van der Waals surface area contributed by atoms with Crippen LogP contribution in [0.4, 0.5) is 5.69 Å². The number of rotatable bonds is 5. The van der Waals surface area contributed by atoms with Gasteiger partial charge >= 0.3 is 5.97 Å². The summed E-state index contributed by atoms with van der Waals surface area (Å²) in [6.07, 6.45) is 3.27. The van der Waals surface area contributed by atoms with Gasteiger partial charge in [0.25, 0.3) is 0 Å². The van der Waals surface area contributed by atoms with Crippen molar-refractivity contribution >= 4 is 33.5 Å². The van der Waals surface area contributed by atoms with E-state index in [2.05, 4.69) is 16.6 Å². The first-order valence-corrected chi connectivity index (χ1v) is 7.70. The molecule has 6 nitrogen and oxygen atoms in total. The van der Waals surface area contributed by atoms with E-state index in [1.165, 1.54) is 6.08 Å². The van der Waals surface area contributed by atoms with Crippen molar-refractivity contribution in [2.45, 2.75) is 0 Å². The average molecular weight is 309 g/mol. The zero-order chi connectivity index (χ0) is 16.0. The minimum Gasteiger partial charge on any atom is -0.465 e. The molecule has 1 rings (SSSR count). The molecule has 1 N–H and O–H groups in total. The number of benzene rings is 1. The van der Waals surface area contributed by atoms with Gasteiger partial charge in [-0.1, -0.05) is 18.7 Å². The van der Waals surface area contributed by atoms with Gasteiger partial charge in [-0.25, -0.2) is 13.2 Å². The molecule has 1 aromatic rings. The first kappa shape index (κ1) is 16.6. The van der Waals surface area contributed by atoms with Crippen molar-refractivity contribution < 1.29 is 22.7 Å². The minimum absolute atomic E-state index is 0.357. The number of carbonyl (C=O) groups is 2. The highest BCUT2D eigenvalue weighted by Crippen LogP contribution is 2.16. The van der Waals surface area contributed by atoms with Crippen LogP contribution in [0.1, 0.15) is 5.56 Å². The summed E-state index contributed by atoms with van der Waals surface area (Å²) >= 11 is 0. The third-order valence-electron chi connectivity index (χ3n) is 2.45. The third-order valence-corrected chi connectivity index (χ3v) is 3.53. The molecule has 0 saturated carbocycles. The number of methoxy groups -OCH3 is 1. The number of amides is 1. The Balaban J connectivity index is 3.10. The number of sulfone groups is 1. The molecular weight excluding hydrogens is 294 g/mol. The Morgan fingerprint density at radius 2 is 1.81 bits per heavy atom. The minimum atomic E-state index is -3.70. The Hall–Kier alpha value is -2.41. The highest BCUT2D eigenvalue weighted by atomic mass is 32.2. The molecule has 0 unspecified atom stereocenters. The molecule has 0 radical (unpaired) electrons. The fraction of sp³-hybridized carbons (Fsp3) is 0.143. The first-order valence-electron chi connectivity index (χ1n) is 5.81. The number of hydrogen-bond donors (Lipinski definition) is 1. The standard InChI is InChI=1S/C14H15NO5S/c1-4-13(16)15-11-7-5-10(6-8-11)9-12(14(17)20-2)21(3,18)19/h4-9H,1H2,2-3H3,(H,15,16). The summed E-state index contributed by atoms with van der Waals surface area (Å²) in [6, 6.07) is 6.27. The van der Waals surface area contributed by atoms with E-state index in [0.717, 1.165) is 19.4 Å². The van der Waals surface area contributed by atoms with Crippen LogP contribution in [0, 0.1) is 0 Å². The van der Waals surface area contributed by atoms with Gasteiger partial charge in [0, 0.05) is 11.9 Å². The third kappa shape index (κ3) is 4.88. The van der Waals surface area contributed by atoms with E-state index < -0.39 is 20.7 Å². The summed E-state index contributed by atoms with van der Waals surface area (Å²) in [4.78, 5) is 22.2. The molecule has 0 atom stereocenters. The van der Waals surface area contributed by atoms with Crippen LogP contribution in [0.15, 0.2) is 41.8 Å². The Kier molecular flexibility index (Phi) is 5.43. The maximum Gasteiger partial charge on any atom is 0.349 e. The summed E-state index contributed by atoms with van der Waals surface area (Å²) in [7, 11) is -2.60. The monoisotopic (exact) mass is 309 g/mol. The normalized spacial score (nSPS) is 11.6. The molecule has 0 aromatic heterocycles. The maximum absolute atomic E-state index is 11.6. The van der Waals surface area contributed by atoms with Gasteiger partial charge in [0.05, 0.1) is 7.11 Å². The second-order valence-corrected chi connectivity index (χ2v) is 6.07. The number of ether oxygens (including phenoxy) is 1. The van der Waals surface area contributed by atoms with Gasteiger partial charge in [0.15, 0.2) is 14.7 Å². The van der Waals surface area contributed by atoms with Gasteiger partial charge in [-0.05, 0) is 29.8 Å². The molecule has 0 aliphatic heterocycles. The maximum atomic E-state index is 11.6. The largest absolute Gasteiger partial charge is 0.465 e. The Morgan fingerprint density at radius 1 is 1.24 bits per heavy atom. The second-order valence-electron chi connectivity index (χ2n) is 4.09. The van der Waals surface area contributed by atoms with E-state index in [1.54, 1.807) is 24.3 Å². The Morgan fingerprint density at radius 3 is 2.24 bits per heavy atom. The van der Waals surface area contributed by atoms with Crippen LogP contribution in [-0.2, 0) is 24.2 Å². The van der Waals surface area contributed by atoms with Gasteiger partial charge in [-0.3, -0.25) is 4.79 Å². The number of anilines is 1.